The van der Waals surface area contributed by atoms with Crippen molar-refractivity contribution >= 4 is 17.4 Å². The summed E-state index contributed by atoms with van der Waals surface area (Å²) in [5.74, 6) is -1.38. The number of rotatable bonds is 7. The van der Waals surface area contributed by atoms with Crippen LogP contribution in [0, 0.1) is 24.4 Å². The van der Waals surface area contributed by atoms with E-state index in [4.69, 9.17) is 4.74 Å². The van der Waals surface area contributed by atoms with Crippen LogP contribution in [-0.4, -0.2) is 24.0 Å². The van der Waals surface area contributed by atoms with Crippen molar-refractivity contribution in [1.29, 1.82) is 0 Å². The van der Waals surface area contributed by atoms with Gasteiger partial charge in [-0.05, 0) is 48.4 Å². The van der Waals surface area contributed by atoms with Gasteiger partial charge in [-0.2, -0.15) is 0 Å². The molecule has 37 heavy (non-hydrogen) atoms. The van der Waals surface area contributed by atoms with Crippen molar-refractivity contribution in [3.63, 3.8) is 0 Å². The van der Waals surface area contributed by atoms with Crippen LogP contribution in [0.4, 0.5) is 18.9 Å². The molecule has 0 bridgehead atoms. The van der Waals surface area contributed by atoms with Crippen LogP contribution in [0.25, 0.3) is 11.1 Å². The Morgan fingerprint density at radius 1 is 0.973 bits per heavy atom. The minimum Gasteiger partial charge on any atom is -0.494 e. The van der Waals surface area contributed by atoms with Crippen LogP contribution < -0.4 is 15.6 Å². The molecule has 1 aliphatic heterocycles. The molecule has 1 N–H and O–H groups in total. The van der Waals surface area contributed by atoms with Gasteiger partial charge in [-0.15, -0.1) is 11.8 Å². The number of hydrogen-bond donors (Lipinski definition) is 1. The summed E-state index contributed by atoms with van der Waals surface area (Å²) in [5.41, 5.74) is 1.84. The van der Waals surface area contributed by atoms with Crippen molar-refractivity contribution in [1.82, 2.24) is 4.57 Å². The summed E-state index contributed by atoms with van der Waals surface area (Å²) >= 11 is 1.47. The molecule has 190 valence electrons. The lowest BCUT2D eigenvalue weighted by atomic mass is 9.94. The van der Waals surface area contributed by atoms with E-state index in [1.807, 2.05) is 30.3 Å². The molecule has 0 saturated carbocycles. The summed E-state index contributed by atoms with van der Waals surface area (Å²) in [6.07, 6.45) is -0.0651. The Balaban J connectivity index is 1.68. The molecule has 4 aromatic rings. The molecule has 0 saturated heterocycles. The van der Waals surface area contributed by atoms with Gasteiger partial charge < -0.3 is 10.1 Å². The Labute approximate surface area is 217 Å². The molecule has 0 radical (unpaired) electrons. The number of fused-ring (bicyclic) bond motifs is 1. The summed E-state index contributed by atoms with van der Waals surface area (Å²) < 4.78 is 51.5. The summed E-state index contributed by atoms with van der Waals surface area (Å²) in [7, 11) is 1.36. The van der Waals surface area contributed by atoms with Crippen LogP contribution in [0.15, 0.2) is 76.6 Å². The molecule has 3 aromatic carbocycles. The molecule has 1 aliphatic rings. The van der Waals surface area contributed by atoms with Crippen LogP contribution in [0.1, 0.15) is 22.7 Å². The largest absolute Gasteiger partial charge is 0.494 e. The quantitative estimate of drug-likeness (QED) is 0.297. The second-order valence-corrected chi connectivity index (χ2v) is 9.88. The van der Waals surface area contributed by atoms with Gasteiger partial charge in [0.1, 0.15) is 11.6 Å². The maximum atomic E-state index is 15.4. The Morgan fingerprint density at radius 3 is 2.38 bits per heavy atom. The molecule has 5 rings (SSSR count). The lowest BCUT2D eigenvalue weighted by molar-refractivity contribution is 0.387. The van der Waals surface area contributed by atoms with E-state index in [2.05, 4.69) is 5.32 Å². The van der Waals surface area contributed by atoms with Gasteiger partial charge in [0, 0.05) is 35.5 Å². The Hall–Kier alpha value is -3.65. The number of hydrogen-bond acceptors (Lipinski definition) is 4. The first-order chi connectivity index (χ1) is 17.9. The number of methoxy groups -OCH3 is 1. The number of ether oxygens (including phenoxy) is 1. The monoisotopic (exact) mass is 522 g/mol. The average molecular weight is 523 g/mol. The van der Waals surface area contributed by atoms with Crippen molar-refractivity contribution in [2.24, 2.45) is 0 Å². The first kappa shape index (κ1) is 25.0. The van der Waals surface area contributed by atoms with Gasteiger partial charge >= 0.3 is 0 Å². The Morgan fingerprint density at radius 2 is 1.68 bits per heavy atom. The molecular weight excluding hydrogens is 497 g/mol. The molecule has 0 amide bonds. The van der Waals surface area contributed by atoms with Gasteiger partial charge in [-0.1, -0.05) is 36.4 Å². The van der Waals surface area contributed by atoms with Gasteiger partial charge in [0.25, 0.3) is 5.56 Å². The van der Waals surface area contributed by atoms with Crippen molar-refractivity contribution < 1.29 is 17.9 Å². The minimum atomic E-state index is -0.663. The second kappa shape index (κ2) is 10.4. The second-order valence-electron chi connectivity index (χ2n) is 8.87. The lowest BCUT2D eigenvalue weighted by Crippen LogP contribution is -2.31. The number of benzene rings is 3. The standard InChI is InChI=1S/C29H25F3N2O2S/c1-17-21(14-22-23(30)11-7-12-24(22)31)29-34(19(16-37-29)15-33-18-8-4-3-5-9-18)28(35)26(17)20-10-6-13-25(36-2)27(20)32/h3-13,19,33H,14-16H2,1-2H3. The lowest BCUT2D eigenvalue weighted by Gasteiger charge is -2.21. The summed E-state index contributed by atoms with van der Waals surface area (Å²) in [5, 5.41) is 4.01. The van der Waals surface area contributed by atoms with E-state index in [0.29, 0.717) is 28.5 Å². The zero-order valence-electron chi connectivity index (χ0n) is 20.4. The molecule has 0 fully saturated rings. The highest BCUT2D eigenvalue weighted by Crippen LogP contribution is 2.40. The highest BCUT2D eigenvalue weighted by molar-refractivity contribution is 7.99. The van der Waals surface area contributed by atoms with Crippen LogP contribution in [0.5, 0.6) is 5.75 Å². The zero-order chi connectivity index (χ0) is 26.1. The fraction of sp³-hybridized carbons (Fsp3) is 0.207. The van der Waals surface area contributed by atoms with Crippen molar-refractivity contribution in [3.05, 3.63) is 111 Å². The van der Waals surface area contributed by atoms with Crippen LogP contribution in [0.3, 0.4) is 0 Å². The molecule has 1 aromatic heterocycles. The molecule has 2 heterocycles. The predicted octanol–water partition coefficient (Wildman–Crippen LogP) is 6.60. The van der Waals surface area contributed by atoms with Crippen molar-refractivity contribution in [3.8, 4) is 16.9 Å². The third-order valence-corrected chi connectivity index (χ3v) is 7.97. The third-order valence-electron chi connectivity index (χ3n) is 6.70. The summed E-state index contributed by atoms with van der Waals surface area (Å²) in [6, 6.07) is 17.8. The van der Waals surface area contributed by atoms with E-state index in [9.17, 15) is 13.6 Å². The Bertz CT molecular complexity index is 1500. The normalized spacial score (nSPS) is 14.5. The van der Waals surface area contributed by atoms with Gasteiger partial charge in [0.15, 0.2) is 11.6 Å². The highest BCUT2D eigenvalue weighted by atomic mass is 32.2. The smallest absolute Gasteiger partial charge is 0.260 e. The maximum absolute atomic E-state index is 15.4. The van der Waals surface area contributed by atoms with Gasteiger partial charge in [0.2, 0.25) is 0 Å². The van der Waals surface area contributed by atoms with Gasteiger partial charge in [-0.25, -0.2) is 13.2 Å². The van der Waals surface area contributed by atoms with Gasteiger partial charge in [0.05, 0.1) is 23.7 Å². The highest BCUT2D eigenvalue weighted by Gasteiger charge is 2.32. The molecule has 0 spiro atoms. The summed E-state index contributed by atoms with van der Waals surface area (Å²) in [6.45, 7) is 2.17. The van der Waals surface area contributed by atoms with Crippen LogP contribution >= 0.6 is 11.8 Å². The topological polar surface area (TPSA) is 43.3 Å². The van der Waals surface area contributed by atoms with E-state index in [1.54, 1.807) is 17.6 Å². The number of pyridine rings is 1. The fourth-order valence-electron chi connectivity index (χ4n) is 4.77. The number of thioether (sulfide) groups is 1. The molecule has 0 aliphatic carbocycles. The van der Waals surface area contributed by atoms with E-state index in [-0.39, 0.29) is 40.5 Å². The van der Waals surface area contributed by atoms with E-state index in [1.165, 1.54) is 49.2 Å². The molecule has 8 heteroatoms. The molecule has 1 atom stereocenters. The number of nitrogens with zero attached hydrogens (tertiary/aromatic N) is 1. The Kier molecular flexibility index (Phi) is 7.02. The third kappa shape index (κ3) is 4.62. The molecular formula is C29H25F3N2O2S. The average Bonchev–Trinajstić information content (AvgIpc) is 3.32. The number of aromatic nitrogens is 1. The summed E-state index contributed by atoms with van der Waals surface area (Å²) in [4.78, 5) is 14.0. The molecule has 1 unspecified atom stereocenters. The maximum Gasteiger partial charge on any atom is 0.260 e. The fourth-order valence-corrected chi connectivity index (χ4v) is 6.16. The van der Waals surface area contributed by atoms with E-state index < -0.39 is 17.5 Å². The minimum absolute atomic E-state index is 0.0140. The number of para-hydroxylation sites is 1. The number of nitrogens with one attached hydrogen (secondary N) is 1. The van der Waals surface area contributed by atoms with Crippen molar-refractivity contribution in [2.75, 3.05) is 24.7 Å². The first-order valence-corrected chi connectivity index (χ1v) is 12.8. The molecule has 4 nitrogen and oxygen atoms in total. The number of anilines is 1. The van der Waals surface area contributed by atoms with E-state index in [0.717, 1.165) is 5.69 Å². The zero-order valence-corrected chi connectivity index (χ0v) is 21.2. The SMILES string of the molecule is COc1cccc(-c2c(C)c(Cc3c(F)cccc3F)c3n(c2=O)C(CNc2ccccc2)CS3)c1F. The predicted molar refractivity (Wildman–Crippen MR) is 141 cm³/mol. The van der Waals surface area contributed by atoms with Crippen LogP contribution in [-0.2, 0) is 6.42 Å². The number of halogens is 3. The van der Waals surface area contributed by atoms with E-state index >= 15 is 4.39 Å². The van der Waals surface area contributed by atoms with Gasteiger partial charge in [-0.3, -0.25) is 9.36 Å². The van der Waals surface area contributed by atoms with Crippen molar-refractivity contribution in [2.45, 2.75) is 24.4 Å². The first-order valence-electron chi connectivity index (χ1n) is 11.9. The van der Waals surface area contributed by atoms with Crippen LogP contribution in [0.2, 0.25) is 0 Å².